The van der Waals surface area contributed by atoms with E-state index in [1.54, 1.807) is 12.1 Å². The van der Waals surface area contributed by atoms with Crippen LogP contribution in [0.3, 0.4) is 0 Å². The van der Waals surface area contributed by atoms with Crippen LogP contribution in [0.25, 0.3) is 11.3 Å². The Kier molecular flexibility index (Phi) is 6.79. The van der Waals surface area contributed by atoms with E-state index >= 15 is 0 Å². The summed E-state index contributed by atoms with van der Waals surface area (Å²) in [4.78, 5) is 15.2. The van der Waals surface area contributed by atoms with Gasteiger partial charge >= 0.3 is 0 Å². The van der Waals surface area contributed by atoms with Crippen LogP contribution >= 0.6 is 11.6 Å². The number of nitrogens with zero attached hydrogens (tertiary/aromatic N) is 2. The monoisotopic (exact) mass is 469 g/mol. The Morgan fingerprint density at radius 3 is 2.58 bits per heavy atom. The van der Waals surface area contributed by atoms with Crippen LogP contribution in [-0.4, -0.2) is 45.9 Å². The third-order valence-electron chi connectivity index (χ3n) is 5.71. The summed E-state index contributed by atoms with van der Waals surface area (Å²) in [7, 11) is 0. The molecule has 2 heterocycles. The molecule has 1 unspecified atom stereocenters. The third kappa shape index (κ3) is 4.25. The molecule has 1 atom stereocenters. The molecule has 1 aliphatic rings. The maximum absolute atomic E-state index is 13.4. The molecule has 0 spiro atoms. The van der Waals surface area contributed by atoms with E-state index in [4.69, 9.17) is 21.1 Å². The van der Waals surface area contributed by atoms with Gasteiger partial charge in [0.2, 0.25) is 0 Å². The van der Waals surface area contributed by atoms with E-state index in [2.05, 4.69) is 17.1 Å². The molecule has 174 valence electrons. The lowest BCUT2D eigenvalue weighted by atomic mass is 9.95. The van der Waals surface area contributed by atoms with Crippen molar-refractivity contribution in [1.82, 2.24) is 15.1 Å². The molecule has 0 fully saturated rings. The first-order valence-electron chi connectivity index (χ1n) is 11.3. The van der Waals surface area contributed by atoms with Crippen LogP contribution in [0, 0.1) is 0 Å². The van der Waals surface area contributed by atoms with Gasteiger partial charge in [-0.2, -0.15) is 5.10 Å². The standard InChI is InChI=1S/C25H28ClN3O4/c1-4-7-12-29-24(15-8-11-19(32-5-2)20(13-15)33-6-3)21-22(27-28-23(21)25(29)31)17-14-16(26)9-10-18(17)30/h8-11,13-14,24,30H,4-7,12H2,1-3H3,(H,27,28). The minimum absolute atomic E-state index is 0.0496. The van der Waals surface area contributed by atoms with Crippen LogP contribution in [0.15, 0.2) is 36.4 Å². The third-order valence-corrected chi connectivity index (χ3v) is 5.95. The lowest BCUT2D eigenvalue weighted by molar-refractivity contribution is 0.0741. The summed E-state index contributed by atoms with van der Waals surface area (Å²) < 4.78 is 11.6. The molecule has 1 aliphatic heterocycles. The number of carbonyl (C=O) groups is 1. The molecule has 33 heavy (non-hydrogen) atoms. The highest BCUT2D eigenvalue weighted by Gasteiger charge is 2.42. The first-order chi connectivity index (χ1) is 16.0. The number of H-pyrrole nitrogens is 1. The fraction of sp³-hybridized carbons (Fsp3) is 0.360. The van der Waals surface area contributed by atoms with Gasteiger partial charge in [0.25, 0.3) is 5.91 Å². The summed E-state index contributed by atoms with van der Waals surface area (Å²) >= 11 is 6.21. The number of aromatic hydroxyl groups is 1. The fourth-order valence-electron chi connectivity index (χ4n) is 4.24. The van der Waals surface area contributed by atoms with E-state index in [0.717, 1.165) is 24.0 Å². The Bertz CT molecular complexity index is 1160. The van der Waals surface area contributed by atoms with Crippen molar-refractivity contribution in [2.24, 2.45) is 0 Å². The van der Waals surface area contributed by atoms with E-state index < -0.39 is 0 Å². The maximum Gasteiger partial charge on any atom is 0.273 e. The van der Waals surface area contributed by atoms with Gasteiger partial charge in [-0.15, -0.1) is 0 Å². The number of hydrogen-bond acceptors (Lipinski definition) is 5. The summed E-state index contributed by atoms with van der Waals surface area (Å²) in [5.41, 5.74) is 3.02. The average molecular weight is 470 g/mol. The Morgan fingerprint density at radius 2 is 1.85 bits per heavy atom. The Labute approximate surface area is 198 Å². The van der Waals surface area contributed by atoms with Crippen LogP contribution < -0.4 is 9.47 Å². The molecule has 8 heteroatoms. The minimum Gasteiger partial charge on any atom is -0.507 e. The maximum atomic E-state index is 13.4. The number of ether oxygens (including phenoxy) is 2. The predicted molar refractivity (Wildman–Crippen MR) is 127 cm³/mol. The van der Waals surface area contributed by atoms with Gasteiger partial charge in [0.1, 0.15) is 17.1 Å². The largest absolute Gasteiger partial charge is 0.507 e. The number of hydrogen-bond donors (Lipinski definition) is 2. The van der Waals surface area contributed by atoms with Gasteiger partial charge in [-0.3, -0.25) is 9.89 Å². The summed E-state index contributed by atoms with van der Waals surface area (Å²) in [6.07, 6.45) is 1.82. The van der Waals surface area contributed by atoms with Gasteiger partial charge < -0.3 is 19.5 Å². The van der Waals surface area contributed by atoms with Gasteiger partial charge in [0, 0.05) is 22.7 Å². The van der Waals surface area contributed by atoms with E-state index in [1.165, 1.54) is 6.07 Å². The zero-order valence-corrected chi connectivity index (χ0v) is 19.8. The number of benzene rings is 2. The van der Waals surface area contributed by atoms with Crippen LogP contribution in [0.2, 0.25) is 5.02 Å². The predicted octanol–water partition coefficient (Wildman–Crippen LogP) is 5.58. The number of halogens is 1. The van der Waals surface area contributed by atoms with Gasteiger partial charge in [0.05, 0.1) is 19.3 Å². The van der Waals surface area contributed by atoms with Crippen molar-refractivity contribution in [2.45, 2.75) is 39.7 Å². The molecule has 2 aromatic carbocycles. The molecule has 2 N–H and O–H groups in total. The highest BCUT2D eigenvalue weighted by atomic mass is 35.5. The average Bonchev–Trinajstić information content (AvgIpc) is 3.34. The number of carbonyl (C=O) groups excluding carboxylic acids is 1. The second-order valence-electron chi connectivity index (χ2n) is 7.85. The number of phenolic OH excluding ortho intramolecular Hbond substituents is 1. The second kappa shape index (κ2) is 9.75. The van der Waals surface area contributed by atoms with E-state index in [9.17, 15) is 9.90 Å². The number of fused-ring (bicyclic) bond motifs is 1. The van der Waals surface area contributed by atoms with Crippen molar-refractivity contribution in [2.75, 3.05) is 19.8 Å². The van der Waals surface area contributed by atoms with E-state index in [0.29, 0.717) is 53.2 Å². The molecule has 1 amide bonds. The smallest absolute Gasteiger partial charge is 0.273 e. The first-order valence-corrected chi connectivity index (χ1v) is 11.7. The molecule has 4 rings (SSSR count). The quantitative estimate of drug-likeness (QED) is 0.427. The summed E-state index contributed by atoms with van der Waals surface area (Å²) in [5, 5.41) is 18.3. The van der Waals surface area contributed by atoms with E-state index in [1.807, 2.05) is 36.9 Å². The molecule has 0 radical (unpaired) electrons. The molecule has 0 aliphatic carbocycles. The van der Waals surface area contributed by atoms with E-state index in [-0.39, 0.29) is 17.7 Å². The van der Waals surface area contributed by atoms with Crippen molar-refractivity contribution in [3.8, 4) is 28.5 Å². The number of amides is 1. The van der Waals surface area contributed by atoms with Crippen LogP contribution in [-0.2, 0) is 0 Å². The Hall–Kier alpha value is -3.19. The molecular weight excluding hydrogens is 442 g/mol. The van der Waals surface area contributed by atoms with Gasteiger partial charge in [0.15, 0.2) is 11.5 Å². The summed E-state index contributed by atoms with van der Waals surface area (Å²) in [5.74, 6) is 1.22. The van der Waals surface area contributed by atoms with Gasteiger partial charge in [-0.25, -0.2) is 0 Å². The highest BCUT2D eigenvalue weighted by Crippen LogP contribution is 2.46. The number of unbranched alkanes of at least 4 members (excludes halogenated alkanes) is 1. The molecule has 7 nitrogen and oxygen atoms in total. The van der Waals surface area contributed by atoms with Crippen molar-refractivity contribution < 1.29 is 19.4 Å². The molecule has 0 bridgehead atoms. The zero-order chi connectivity index (χ0) is 23.5. The second-order valence-corrected chi connectivity index (χ2v) is 8.29. The van der Waals surface area contributed by atoms with Gasteiger partial charge in [-0.05, 0) is 56.2 Å². The SMILES string of the molecule is CCCCN1C(=O)c2[nH]nc(-c3cc(Cl)ccc3O)c2C1c1ccc(OCC)c(OCC)c1. The Morgan fingerprint density at radius 1 is 1.09 bits per heavy atom. The van der Waals surface area contributed by atoms with Crippen molar-refractivity contribution in [3.05, 3.63) is 58.2 Å². The van der Waals surface area contributed by atoms with Crippen molar-refractivity contribution >= 4 is 17.5 Å². The topological polar surface area (TPSA) is 87.7 Å². The first kappa shape index (κ1) is 23.0. The molecule has 3 aromatic rings. The van der Waals surface area contributed by atoms with Crippen molar-refractivity contribution in [1.29, 1.82) is 0 Å². The van der Waals surface area contributed by atoms with Crippen molar-refractivity contribution in [3.63, 3.8) is 0 Å². The molecule has 1 aromatic heterocycles. The lowest BCUT2D eigenvalue weighted by Gasteiger charge is -2.27. The van der Waals surface area contributed by atoms with Gasteiger partial charge in [-0.1, -0.05) is 31.0 Å². The molecular formula is C25H28ClN3O4. The summed E-state index contributed by atoms with van der Waals surface area (Å²) in [6.45, 7) is 7.55. The molecule has 0 saturated heterocycles. The highest BCUT2D eigenvalue weighted by molar-refractivity contribution is 6.31. The van der Waals surface area contributed by atoms with Crippen LogP contribution in [0.1, 0.15) is 61.3 Å². The Balaban J connectivity index is 1.88. The minimum atomic E-state index is -0.388. The lowest BCUT2D eigenvalue weighted by Crippen LogP contribution is -2.30. The number of phenols is 1. The number of aromatic amines is 1. The number of nitrogens with one attached hydrogen (secondary N) is 1. The number of aromatic nitrogens is 2. The normalized spacial score (nSPS) is 15.1. The molecule has 0 saturated carbocycles. The fourth-order valence-corrected chi connectivity index (χ4v) is 4.42. The zero-order valence-electron chi connectivity index (χ0n) is 19.0. The van der Waals surface area contributed by atoms with Crippen LogP contribution in [0.5, 0.6) is 17.2 Å². The summed E-state index contributed by atoms with van der Waals surface area (Å²) in [6, 6.07) is 10.2. The van der Waals surface area contributed by atoms with Crippen LogP contribution in [0.4, 0.5) is 0 Å². The number of rotatable bonds is 9.